The van der Waals surface area contributed by atoms with Crippen molar-refractivity contribution >= 4 is 17.5 Å². The number of hydrogen-bond donors (Lipinski definition) is 0. The number of carbonyl (C=O) groups excluding carboxylic acids is 1. The predicted octanol–water partition coefficient (Wildman–Crippen LogP) is 2.06. The molecule has 2 aliphatic rings. The molecule has 2 saturated heterocycles. The van der Waals surface area contributed by atoms with Gasteiger partial charge in [0.25, 0.3) is 5.91 Å². The van der Waals surface area contributed by atoms with Gasteiger partial charge in [-0.3, -0.25) is 4.79 Å². The average Bonchev–Trinajstić information content (AvgIpc) is 2.89. The van der Waals surface area contributed by atoms with Crippen molar-refractivity contribution in [3.05, 3.63) is 34.9 Å². The molecule has 4 heteroatoms. The third-order valence-corrected chi connectivity index (χ3v) is 3.87. The van der Waals surface area contributed by atoms with E-state index in [-0.39, 0.29) is 5.91 Å². The van der Waals surface area contributed by atoms with Crippen LogP contribution in [0.3, 0.4) is 0 Å². The van der Waals surface area contributed by atoms with Gasteiger partial charge < -0.3 is 9.64 Å². The molecule has 0 saturated carbocycles. The van der Waals surface area contributed by atoms with Gasteiger partial charge in [0.15, 0.2) is 0 Å². The molecule has 90 valence electrons. The summed E-state index contributed by atoms with van der Waals surface area (Å²) in [5, 5.41) is 0.660. The molecule has 1 aromatic rings. The summed E-state index contributed by atoms with van der Waals surface area (Å²) in [6.07, 6.45) is 0. The number of benzene rings is 1. The Morgan fingerprint density at radius 2 is 1.76 bits per heavy atom. The molecule has 3 nitrogen and oxygen atoms in total. The lowest BCUT2D eigenvalue weighted by Gasteiger charge is -2.17. The van der Waals surface area contributed by atoms with E-state index in [0.29, 0.717) is 16.9 Å². The van der Waals surface area contributed by atoms with E-state index in [1.54, 1.807) is 24.3 Å². The van der Waals surface area contributed by atoms with E-state index in [1.165, 1.54) is 0 Å². The van der Waals surface area contributed by atoms with Gasteiger partial charge in [0, 0.05) is 35.5 Å². The normalized spacial score (nSPS) is 27.2. The molecule has 0 aliphatic carbocycles. The number of rotatable bonds is 1. The molecular weight excluding hydrogens is 238 g/mol. The van der Waals surface area contributed by atoms with Crippen LogP contribution in [-0.2, 0) is 4.74 Å². The van der Waals surface area contributed by atoms with Crippen LogP contribution in [0.5, 0.6) is 0 Å². The molecule has 0 aromatic heterocycles. The third-order valence-electron chi connectivity index (χ3n) is 3.62. The summed E-state index contributed by atoms with van der Waals surface area (Å²) < 4.78 is 5.41. The summed E-state index contributed by atoms with van der Waals surface area (Å²) in [4.78, 5) is 14.2. The second-order valence-electron chi connectivity index (χ2n) is 4.77. The lowest BCUT2D eigenvalue weighted by atomic mass is 10.0. The maximum Gasteiger partial charge on any atom is 0.253 e. The maximum absolute atomic E-state index is 12.2. The zero-order valence-corrected chi connectivity index (χ0v) is 10.2. The molecule has 0 bridgehead atoms. The summed E-state index contributed by atoms with van der Waals surface area (Å²) in [5.74, 6) is 1.17. The van der Waals surface area contributed by atoms with Crippen LogP contribution in [0.4, 0.5) is 0 Å². The van der Waals surface area contributed by atoms with Crippen molar-refractivity contribution in [2.24, 2.45) is 11.8 Å². The van der Waals surface area contributed by atoms with Crippen LogP contribution in [0.15, 0.2) is 24.3 Å². The van der Waals surface area contributed by atoms with E-state index in [0.717, 1.165) is 31.9 Å². The number of carbonyl (C=O) groups is 1. The maximum atomic E-state index is 12.2. The first-order valence-electron chi connectivity index (χ1n) is 5.86. The van der Waals surface area contributed by atoms with Crippen molar-refractivity contribution < 1.29 is 9.53 Å². The van der Waals surface area contributed by atoms with Crippen molar-refractivity contribution in [2.45, 2.75) is 0 Å². The first-order valence-corrected chi connectivity index (χ1v) is 6.24. The Hall–Kier alpha value is -1.06. The second-order valence-corrected chi connectivity index (χ2v) is 5.21. The van der Waals surface area contributed by atoms with E-state index in [2.05, 4.69) is 0 Å². The summed E-state index contributed by atoms with van der Waals surface area (Å²) in [5.41, 5.74) is 0.718. The number of nitrogens with zero attached hydrogens (tertiary/aromatic N) is 1. The molecule has 17 heavy (non-hydrogen) atoms. The molecule has 2 atom stereocenters. The zero-order chi connectivity index (χ0) is 11.8. The van der Waals surface area contributed by atoms with Crippen molar-refractivity contribution in [3.63, 3.8) is 0 Å². The van der Waals surface area contributed by atoms with Gasteiger partial charge in [-0.1, -0.05) is 11.6 Å². The van der Waals surface area contributed by atoms with E-state index in [1.807, 2.05) is 4.90 Å². The SMILES string of the molecule is O=C(c1ccc(Cl)cc1)N1CC2COCC2C1. The molecule has 0 radical (unpaired) electrons. The number of fused-ring (bicyclic) bond motifs is 1. The van der Waals surface area contributed by atoms with E-state index in [9.17, 15) is 4.79 Å². The highest BCUT2D eigenvalue weighted by atomic mass is 35.5. The van der Waals surface area contributed by atoms with Crippen LogP contribution >= 0.6 is 11.6 Å². The predicted molar refractivity (Wildman–Crippen MR) is 65.2 cm³/mol. The first-order chi connectivity index (χ1) is 8.24. The fourth-order valence-corrected chi connectivity index (χ4v) is 2.75. The Morgan fingerprint density at radius 1 is 1.18 bits per heavy atom. The van der Waals surface area contributed by atoms with Crippen LogP contribution in [0.25, 0.3) is 0 Å². The lowest BCUT2D eigenvalue weighted by Crippen LogP contribution is -2.30. The summed E-state index contributed by atoms with van der Waals surface area (Å²) in [6, 6.07) is 7.09. The minimum Gasteiger partial charge on any atom is -0.381 e. The van der Waals surface area contributed by atoms with Crippen LogP contribution in [0.2, 0.25) is 5.02 Å². The van der Waals surface area contributed by atoms with E-state index >= 15 is 0 Å². The fourth-order valence-electron chi connectivity index (χ4n) is 2.63. The van der Waals surface area contributed by atoms with Gasteiger partial charge in [-0.05, 0) is 24.3 Å². The third kappa shape index (κ3) is 2.05. The van der Waals surface area contributed by atoms with Gasteiger partial charge in [0.05, 0.1) is 13.2 Å². The zero-order valence-electron chi connectivity index (χ0n) is 9.43. The van der Waals surface area contributed by atoms with E-state index in [4.69, 9.17) is 16.3 Å². The van der Waals surface area contributed by atoms with Crippen LogP contribution < -0.4 is 0 Å². The Kier molecular flexibility index (Phi) is 2.81. The van der Waals surface area contributed by atoms with Gasteiger partial charge in [0.1, 0.15) is 0 Å². The molecule has 3 rings (SSSR count). The monoisotopic (exact) mass is 251 g/mol. The molecular formula is C13H14ClNO2. The Bertz CT molecular complexity index is 420. The number of ether oxygens (including phenoxy) is 1. The molecule has 2 aliphatic heterocycles. The second kappa shape index (κ2) is 4.31. The van der Waals surface area contributed by atoms with Crippen LogP contribution in [0, 0.1) is 11.8 Å². The molecule has 2 unspecified atom stereocenters. The first kappa shape index (κ1) is 11.1. The number of likely N-dealkylation sites (tertiary alicyclic amines) is 1. The topological polar surface area (TPSA) is 29.5 Å². The minimum absolute atomic E-state index is 0.107. The quantitative estimate of drug-likeness (QED) is 0.765. The number of halogens is 1. The fraction of sp³-hybridized carbons (Fsp3) is 0.462. The Morgan fingerprint density at radius 3 is 2.35 bits per heavy atom. The molecule has 0 N–H and O–H groups in total. The largest absolute Gasteiger partial charge is 0.381 e. The minimum atomic E-state index is 0.107. The van der Waals surface area contributed by atoms with Crippen molar-refractivity contribution in [3.8, 4) is 0 Å². The van der Waals surface area contributed by atoms with E-state index < -0.39 is 0 Å². The highest BCUT2D eigenvalue weighted by Gasteiger charge is 2.39. The van der Waals surface area contributed by atoms with Crippen molar-refractivity contribution in [1.29, 1.82) is 0 Å². The highest BCUT2D eigenvalue weighted by Crippen LogP contribution is 2.30. The van der Waals surface area contributed by atoms with Crippen LogP contribution in [0.1, 0.15) is 10.4 Å². The highest BCUT2D eigenvalue weighted by molar-refractivity contribution is 6.30. The Labute approximate surface area is 105 Å². The number of amides is 1. The summed E-state index contributed by atoms with van der Waals surface area (Å²) >= 11 is 5.81. The van der Waals surface area contributed by atoms with Crippen molar-refractivity contribution in [1.82, 2.24) is 4.90 Å². The van der Waals surface area contributed by atoms with Gasteiger partial charge in [-0.2, -0.15) is 0 Å². The lowest BCUT2D eigenvalue weighted by molar-refractivity contribution is 0.0751. The molecule has 0 spiro atoms. The van der Waals surface area contributed by atoms with Gasteiger partial charge in [-0.15, -0.1) is 0 Å². The van der Waals surface area contributed by atoms with Crippen molar-refractivity contribution in [2.75, 3.05) is 26.3 Å². The van der Waals surface area contributed by atoms with Gasteiger partial charge >= 0.3 is 0 Å². The van der Waals surface area contributed by atoms with Gasteiger partial charge in [0.2, 0.25) is 0 Å². The smallest absolute Gasteiger partial charge is 0.253 e. The standard InChI is InChI=1S/C13H14ClNO2/c14-12-3-1-9(2-4-12)13(16)15-5-10-7-17-8-11(10)6-15/h1-4,10-11H,5-8H2. The summed E-state index contributed by atoms with van der Waals surface area (Å²) in [6.45, 7) is 3.25. The Balaban J connectivity index is 1.73. The average molecular weight is 252 g/mol. The molecule has 2 fully saturated rings. The molecule has 2 heterocycles. The van der Waals surface area contributed by atoms with Crippen LogP contribution in [-0.4, -0.2) is 37.1 Å². The van der Waals surface area contributed by atoms with Gasteiger partial charge in [-0.25, -0.2) is 0 Å². The molecule has 1 aromatic carbocycles. The number of hydrogen-bond acceptors (Lipinski definition) is 2. The summed E-state index contributed by atoms with van der Waals surface area (Å²) in [7, 11) is 0. The molecule has 1 amide bonds.